The largest absolute Gasteiger partial charge is 0.417 e. The maximum atomic E-state index is 12.5. The molecule has 0 N–H and O–H groups in total. The van der Waals surface area contributed by atoms with Crippen molar-refractivity contribution in [3.8, 4) is 6.07 Å². The molecule has 0 aliphatic rings. The van der Waals surface area contributed by atoms with E-state index in [1.807, 2.05) is 0 Å². The second kappa shape index (κ2) is 4.18. The lowest BCUT2D eigenvalue weighted by Gasteiger charge is -2.09. The van der Waals surface area contributed by atoms with Gasteiger partial charge < -0.3 is 0 Å². The highest BCUT2D eigenvalue weighted by atomic mass is 19.4. The van der Waals surface area contributed by atoms with Gasteiger partial charge in [0.15, 0.2) is 0 Å². The molecule has 1 aromatic carbocycles. The van der Waals surface area contributed by atoms with Crippen LogP contribution in [0, 0.1) is 11.3 Å². The van der Waals surface area contributed by atoms with Gasteiger partial charge in [0.25, 0.3) is 0 Å². The second-order valence-corrected chi connectivity index (χ2v) is 2.91. The topological polar surface area (TPSA) is 23.8 Å². The van der Waals surface area contributed by atoms with Gasteiger partial charge in [0.2, 0.25) is 0 Å². The lowest BCUT2D eigenvalue weighted by Crippen LogP contribution is -2.07. The summed E-state index contributed by atoms with van der Waals surface area (Å²) in [6, 6.07) is 5.16. The average molecular weight is 211 g/mol. The van der Waals surface area contributed by atoms with Gasteiger partial charge in [-0.2, -0.15) is 18.4 Å². The van der Waals surface area contributed by atoms with Crippen molar-refractivity contribution >= 4 is 6.08 Å². The van der Waals surface area contributed by atoms with E-state index in [1.165, 1.54) is 18.2 Å². The quantitative estimate of drug-likeness (QED) is 0.696. The fourth-order valence-corrected chi connectivity index (χ4v) is 1.19. The number of nitriles is 1. The van der Waals surface area contributed by atoms with Gasteiger partial charge in [0.1, 0.15) is 0 Å². The first kappa shape index (κ1) is 11.3. The number of hydrogen-bond donors (Lipinski definition) is 0. The number of alkyl halides is 3. The van der Waals surface area contributed by atoms with Crippen LogP contribution in [0.1, 0.15) is 23.6 Å². The fourth-order valence-electron chi connectivity index (χ4n) is 1.19. The van der Waals surface area contributed by atoms with Gasteiger partial charge in [-0.1, -0.05) is 18.2 Å². The molecular formula is C11H8F3N. The summed E-state index contributed by atoms with van der Waals surface area (Å²) in [5.41, 5.74) is -0.805. The van der Waals surface area contributed by atoms with E-state index in [9.17, 15) is 13.2 Å². The van der Waals surface area contributed by atoms with E-state index in [1.54, 1.807) is 19.1 Å². The molecule has 1 aromatic rings. The van der Waals surface area contributed by atoms with E-state index in [-0.39, 0.29) is 5.56 Å². The molecule has 4 heteroatoms. The lowest BCUT2D eigenvalue weighted by molar-refractivity contribution is -0.137. The first-order chi connectivity index (χ1) is 6.99. The molecule has 1 rings (SSSR count). The monoisotopic (exact) mass is 211 g/mol. The van der Waals surface area contributed by atoms with Crippen LogP contribution in [0.3, 0.4) is 0 Å². The molecule has 0 aliphatic carbocycles. The van der Waals surface area contributed by atoms with Gasteiger partial charge in [-0.05, 0) is 24.6 Å². The summed E-state index contributed by atoms with van der Waals surface area (Å²) >= 11 is 0. The van der Waals surface area contributed by atoms with Crippen molar-refractivity contribution in [2.45, 2.75) is 13.1 Å². The zero-order valence-corrected chi connectivity index (χ0v) is 7.97. The minimum absolute atomic E-state index is 0.351. The van der Waals surface area contributed by atoms with Crippen LogP contribution < -0.4 is 0 Å². The molecule has 0 saturated heterocycles. The third-order valence-electron chi connectivity index (χ3n) is 1.83. The van der Waals surface area contributed by atoms with Crippen molar-refractivity contribution in [2.24, 2.45) is 0 Å². The van der Waals surface area contributed by atoms with E-state index in [0.717, 1.165) is 6.07 Å². The highest BCUT2D eigenvalue weighted by molar-refractivity contribution is 5.54. The Hall–Kier alpha value is -1.76. The zero-order valence-electron chi connectivity index (χ0n) is 7.97. The van der Waals surface area contributed by atoms with E-state index in [2.05, 4.69) is 0 Å². The lowest BCUT2D eigenvalue weighted by atomic mass is 10.0. The first-order valence-electron chi connectivity index (χ1n) is 4.23. The van der Waals surface area contributed by atoms with E-state index >= 15 is 0 Å². The van der Waals surface area contributed by atoms with E-state index < -0.39 is 11.7 Å². The summed E-state index contributed by atoms with van der Waals surface area (Å²) in [7, 11) is 0. The van der Waals surface area contributed by atoms with E-state index in [4.69, 9.17) is 5.26 Å². The van der Waals surface area contributed by atoms with Crippen LogP contribution in [-0.2, 0) is 6.18 Å². The van der Waals surface area contributed by atoms with Crippen LogP contribution in [0.4, 0.5) is 13.2 Å². The predicted octanol–water partition coefficient (Wildman–Crippen LogP) is 3.61. The normalized spacial score (nSPS) is 11.7. The van der Waals surface area contributed by atoms with Gasteiger partial charge in [-0.3, -0.25) is 0 Å². The summed E-state index contributed by atoms with van der Waals surface area (Å²) in [6.07, 6.45) is -1.29. The Kier molecular flexibility index (Phi) is 3.15. The highest BCUT2D eigenvalue weighted by Gasteiger charge is 2.33. The zero-order chi connectivity index (χ0) is 11.5. The molecule has 78 valence electrons. The molecule has 0 radical (unpaired) electrons. The van der Waals surface area contributed by atoms with Crippen molar-refractivity contribution in [3.05, 3.63) is 41.0 Å². The Morgan fingerprint density at radius 3 is 2.47 bits per heavy atom. The number of halogens is 3. The van der Waals surface area contributed by atoms with Crippen LogP contribution in [0.15, 0.2) is 24.3 Å². The maximum absolute atomic E-state index is 12.5. The Bertz CT molecular complexity index is 424. The Labute approximate surface area is 85.5 Å². The smallest absolute Gasteiger partial charge is 0.192 e. The summed E-state index contributed by atoms with van der Waals surface area (Å²) in [5, 5.41) is 8.53. The average Bonchev–Trinajstić information content (AvgIpc) is 2.17. The third-order valence-corrected chi connectivity index (χ3v) is 1.83. The summed E-state index contributed by atoms with van der Waals surface area (Å²) in [4.78, 5) is 0. The van der Waals surface area contributed by atoms with Crippen molar-refractivity contribution in [1.29, 1.82) is 5.26 Å². The maximum Gasteiger partial charge on any atom is 0.417 e. The summed E-state index contributed by atoms with van der Waals surface area (Å²) in [5.74, 6) is 0. The molecule has 0 saturated carbocycles. The van der Waals surface area contributed by atoms with Crippen LogP contribution in [0.2, 0.25) is 0 Å². The minimum Gasteiger partial charge on any atom is -0.192 e. The molecule has 0 heterocycles. The van der Waals surface area contributed by atoms with Gasteiger partial charge in [0, 0.05) is 0 Å². The van der Waals surface area contributed by atoms with Gasteiger partial charge >= 0.3 is 6.18 Å². The molecule has 0 aliphatic heterocycles. The molecule has 1 nitrogen and oxygen atoms in total. The number of rotatable bonds is 1. The molecule has 0 bridgehead atoms. The number of benzene rings is 1. The predicted molar refractivity (Wildman–Crippen MR) is 50.9 cm³/mol. The molecule has 0 amide bonds. The molecule has 0 unspecified atom stereocenters. The fraction of sp³-hybridized carbons (Fsp3) is 0.182. The van der Waals surface area contributed by atoms with Gasteiger partial charge in [-0.25, -0.2) is 0 Å². The highest BCUT2D eigenvalue weighted by Crippen LogP contribution is 2.32. The SMILES string of the molecule is C/C=C/c1ccc(C#N)c(C(F)(F)F)c1. The van der Waals surface area contributed by atoms with Crippen LogP contribution in [0.25, 0.3) is 6.08 Å². The van der Waals surface area contributed by atoms with Crippen molar-refractivity contribution in [2.75, 3.05) is 0 Å². The Morgan fingerprint density at radius 1 is 1.33 bits per heavy atom. The third kappa shape index (κ3) is 2.59. The second-order valence-electron chi connectivity index (χ2n) is 2.91. The van der Waals surface area contributed by atoms with Crippen molar-refractivity contribution in [1.82, 2.24) is 0 Å². The first-order valence-corrected chi connectivity index (χ1v) is 4.23. The molecule has 0 spiro atoms. The standard InChI is InChI=1S/C11H8F3N/c1-2-3-8-4-5-9(7-15)10(6-8)11(12,13)14/h2-6H,1H3/b3-2+. The number of allylic oxidation sites excluding steroid dienone is 1. The van der Waals surface area contributed by atoms with Gasteiger partial charge in [-0.15, -0.1) is 0 Å². The van der Waals surface area contributed by atoms with Crippen LogP contribution >= 0.6 is 0 Å². The molecule has 0 atom stereocenters. The Morgan fingerprint density at radius 2 is 2.00 bits per heavy atom. The summed E-state index contributed by atoms with van der Waals surface area (Å²) < 4.78 is 37.4. The van der Waals surface area contributed by atoms with Crippen LogP contribution in [-0.4, -0.2) is 0 Å². The van der Waals surface area contributed by atoms with Crippen molar-refractivity contribution in [3.63, 3.8) is 0 Å². The Balaban J connectivity index is 3.33. The molecule has 0 fully saturated rings. The minimum atomic E-state index is -4.48. The molecular weight excluding hydrogens is 203 g/mol. The summed E-state index contributed by atoms with van der Waals surface area (Å²) in [6.45, 7) is 1.71. The van der Waals surface area contributed by atoms with Gasteiger partial charge in [0.05, 0.1) is 17.2 Å². The van der Waals surface area contributed by atoms with Crippen LogP contribution in [0.5, 0.6) is 0 Å². The number of nitrogens with zero attached hydrogens (tertiary/aromatic N) is 1. The molecule has 0 aromatic heterocycles. The number of hydrogen-bond acceptors (Lipinski definition) is 1. The van der Waals surface area contributed by atoms with Crippen molar-refractivity contribution < 1.29 is 13.2 Å². The van der Waals surface area contributed by atoms with E-state index in [0.29, 0.717) is 5.56 Å². The molecule has 15 heavy (non-hydrogen) atoms.